The first-order valence-corrected chi connectivity index (χ1v) is 12.7. The number of morpholine rings is 1. The molecule has 0 amide bonds. The number of cyclic esters (lactones) is 1. The average molecular weight is 532 g/mol. The summed E-state index contributed by atoms with van der Waals surface area (Å²) in [5.74, 6) is -0.273. The van der Waals surface area contributed by atoms with Gasteiger partial charge in [0.25, 0.3) is 0 Å². The molecule has 0 spiro atoms. The standard InChI is InChI=1S/C23H31NO7.H2O4S/c1-15(5-7-19(25)30-13-10-24-8-11-29-12-9-24)4-6-17-21(26)20-18(14-31-23(20)27)16(2)22(17)28-3;1-5(2,3)4/h4,26H,5-14H2,1-3H3;(H2,1,2,3,4). The van der Waals surface area contributed by atoms with E-state index in [0.717, 1.165) is 44.0 Å². The van der Waals surface area contributed by atoms with Crippen LogP contribution in [0.1, 0.15) is 46.8 Å². The SMILES string of the molecule is COc1c(C)c2c(c(O)c1CC=C(C)CCC(=O)OCCN1CCOCC1)C(=O)OC2.O=S(=O)(O)O. The van der Waals surface area contributed by atoms with E-state index in [9.17, 15) is 14.7 Å². The maximum Gasteiger partial charge on any atom is 0.394 e. The lowest BCUT2D eigenvalue weighted by molar-refractivity contribution is -0.144. The monoisotopic (exact) mass is 531 g/mol. The molecule has 12 nitrogen and oxygen atoms in total. The molecular weight excluding hydrogens is 498 g/mol. The fourth-order valence-electron chi connectivity index (χ4n) is 3.89. The number of allylic oxidation sites excluding steroid dienone is 2. The smallest absolute Gasteiger partial charge is 0.394 e. The number of rotatable bonds is 9. The van der Waals surface area contributed by atoms with E-state index in [1.165, 1.54) is 0 Å². The van der Waals surface area contributed by atoms with Crippen LogP contribution >= 0.6 is 0 Å². The van der Waals surface area contributed by atoms with Crippen LogP contribution in [0.3, 0.4) is 0 Å². The second kappa shape index (κ2) is 13.6. The molecule has 1 saturated heterocycles. The minimum atomic E-state index is -4.67. The average Bonchev–Trinajstić information content (AvgIpc) is 3.20. The first-order valence-electron chi connectivity index (χ1n) is 11.3. The van der Waals surface area contributed by atoms with Crippen molar-refractivity contribution < 1.29 is 51.2 Å². The van der Waals surface area contributed by atoms with Gasteiger partial charge >= 0.3 is 22.3 Å². The molecule has 0 aromatic heterocycles. The molecule has 2 heterocycles. The zero-order valence-electron chi connectivity index (χ0n) is 20.6. The number of carbonyl (C=O) groups excluding carboxylic acids is 2. The van der Waals surface area contributed by atoms with E-state index < -0.39 is 16.4 Å². The Kier molecular flexibility index (Phi) is 11.1. The van der Waals surface area contributed by atoms with Crippen LogP contribution in [-0.4, -0.2) is 86.0 Å². The van der Waals surface area contributed by atoms with Gasteiger partial charge in [0.2, 0.25) is 0 Å². The van der Waals surface area contributed by atoms with Gasteiger partial charge in [-0.15, -0.1) is 0 Å². The van der Waals surface area contributed by atoms with Crippen LogP contribution in [0.4, 0.5) is 0 Å². The van der Waals surface area contributed by atoms with Crippen LogP contribution < -0.4 is 4.74 Å². The lowest BCUT2D eigenvalue weighted by Crippen LogP contribution is -2.38. The summed E-state index contributed by atoms with van der Waals surface area (Å²) in [6.45, 7) is 8.23. The third kappa shape index (κ3) is 9.06. The number of methoxy groups -OCH3 is 1. The second-order valence-electron chi connectivity index (χ2n) is 8.29. The molecule has 3 rings (SSSR count). The summed E-state index contributed by atoms with van der Waals surface area (Å²) in [6.07, 6.45) is 3.18. The van der Waals surface area contributed by atoms with Gasteiger partial charge in [0.05, 0.1) is 20.3 Å². The molecule has 0 unspecified atom stereocenters. The minimum absolute atomic E-state index is 0.0912. The predicted octanol–water partition coefficient (Wildman–Crippen LogP) is 1.87. The number of ether oxygens (including phenoxy) is 4. The topological polar surface area (TPSA) is 169 Å². The number of phenolic OH excluding ortho intramolecular Hbond substituents is 1. The van der Waals surface area contributed by atoms with Crippen LogP contribution in [0.25, 0.3) is 0 Å². The summed E-state index contributed by atoms with van der Waals surface area (Å²) in [7, 11) is -3.13. The van der Waals surface area contributed by atoms with Crippen molar-refractivity contribution in [3.05, 3.63) is 33.9 Å². The number of hydrogen-bond donors (Lipinski definition) is 3. The molecule has 2 aliphatic heterocycles. The molecular formula is C23H33NO11S. The summed E-state index contributed by atoms with van der Waals surface area (Å²) in [4.78, 5) is 26.2. The van der Waals surface area contributed by atoms with Gasteiger partial charge in [-0.2, -0.15) is 8.42 Å². The molecule has 1 aromatic carbocycles. The van der Waals surface area contributed by atoms with Crippen LogP contribution in [0.15, 0.2) is 11.6 Å². The van der Waals surface area contributed by atoms with E-state index in [4.69, 9.17) is 36.5 Å². The highest BCUT2D eigenvalue weighted by Gasteiger charge is 2.31. The number of hydrogen-bond acceptors (Lipinski definition) is 10. The maximum absolute atomic E-state index is 12.0. The van der Waals surface area contributed by atoms with Crippen molar-refractivity contribution in [2.24, 2.45) is 0 Å². The Hall–Kier alpha value is -2.71. The number of esters is 2. The van der Waals surface area contributed by atoms with Crippen LogP contribution in [0.5, 0.6) is 11.5 Å². The Balaban J connectivity index is 0.000000830. The highest BCUT2D eigenvalue weighted by Crippen LogP contribution is 2.42. The van der Waals surface area contributed by atoms with Crippen molar-refractivity contribution in [2.45, 2.75) is 39.7 Å². The van der Waals surface area contributed by atoms with E-state index in [1.807, 2.05) is 19.9 Å². The molecule has 0 aliphatic carbocycles. The quantitative estimate of drug-likeness (QED) is 0.241. The second-order valence-corrected chi connectivity index (χ2v) is 9.19. The summed E-state index contributed by atoms with van der Waals surface area (Å²) >= 11 is 0. The number of fused-ring (bicyclic) bond motifs is 1. The van der Waals surface area contributed by atoms with Gasteiger partial charge in [0.15, 0.2) is 0 Å². The van der Waals surface area contributed by atoms with E-state index in [1.54, 1.807) is 7.11 Å². The van der Waals surface area contributed by atoms with Crippen molar-refractivity contribution in [1.29, 1.82) is 0 Å². The van der Waals surface area contributed by atoms with Crippen molar-refractivity contribution >= 4 is 22.3 Å². The van der Waals surface area contributed by atoms with Crippen molar-refractivity contribution in [3.8, 4) is 11.5 Å². The predicted molar refractivity (Wildman–Crippen MR) is 128 cm³/mol. The van der Waals surface area contributed by atoms with Gasteiger partial charge in [0, 0.05) is 37.2 Å². The zero-order valence-corrected chi connectivity index (χ0v) is 21.4. The zero-order chi connectivity index (χ0) is 26.9. The van der Waals surface area contributed by atoms with Gasteiger partial charge in [-0.25, -0.2) is 4.79 Å². The van der Waals surface area contributed by atoms with Crippen molar-refractivity contribution in [2.75, 3.05) is 46.6 Å². The molecule has 0 bridgehead atoms. The molecule has 0 radical (unpaired) electrons. The number of nitrogens with zero attached hydrogens (tertiary/aromatic N) is 1. The van der Waals surface area contributed by atoms with E-state index >= 15 is 0 Å². The van der Waals surface area contributed by atoms with Gasteiger partial charge in [-0.3, -0.25) is 18.8 Å². The number of benzene rings is 1. The van der Waals surface area contributed by atoms with Crippen LogP contribution in [0.2, 0.25) is 0 Å². The fraction of sp³-hybridized carbons (Fsp3) is 0.565. The number of carbonyl (C=O) groups is 2. The molecule has 13 heteroatoms. The Labute approximate surface area is 210 Å². The van der Waals surface area contributed by atoms with Gasteiger partial charge < -0.3 is 24.1 Å². The largest absolute Gasteiger partial charge is 0.507 e. The van der Waals surface area contributed by atoms with Crippen LogP contribution in [-0.2, 0) is 42.4 Å². The number of phenols is 1. The molecule has 1 fully saturated rings. The highest BCUT2D eigenvalue weighted by atomic mass is 32.3. The van der Waals surface area contributed by atoms with E-state index in [-0.39, 0.29) is 23.9 Å². The summed E-state index contributed by atoms with van der Waals surface area (Å²) in [6, 6.07) is 0. The highest BCUT2D eigenvalue weighted by molar-refractivity contribution is 7.79. The fourth-order valence-corrected chi connectivity index (χ4v) is 3.89. The Morgan fingerprint density at radius 1 is 1.19 bits per heavy atom. The Bertz CT molecular complexity index is 1070. The van der Waals surface area contributed by atoms with Gasteiger partial charge in [-0.05, 0) is 32.3 Å². The lowest BCUT2D eigenvalue weighted by Gasteiger charge is -2.26. The maximum atomic E-state index is 12.0. The van der Waals surface area contributed by atoms with Crippen LogP contribution in [0, 0.1) is 6.92 Å². The molecule has 0 atom stereocenters. The van der Waals surface area contributed by atoms with Crippen molar-refractivity contribution in [1.82, 2.24) is 4.90 Å². The lowest BCUT2D eigenvalue weighted by atomic mass is 9.94. The molecule has 0 saturated carbocycles. The molecule has 2 aliphatic rings. The Morgan fingerprint density at radius 2 is 1.83 bits per heavy atom. The molecule has 3 N–H and O–H groups in total. The molecule has 36 heavy (non-hydrogen) atoms. The van der Waals surface area contributed by atoms with E-state index in [0.29, 0.717) is 42.7 Å². The molecule has 1 aromatic rings. The summed E-state index contributed by atoms with van der Waals surface area (Å²) in [5, 5.41) is 10.7. The third-order valence-electron chi connectivity index (χ3n) is 5.80. The third-order valence-corrected chi connectivity index (χ3v) is 5.80. The summed E-state index contributed by atoms with van der Waals surface area (Å²) in [5.41, 5.74) is 3.23. The first kappa shape index (κ1) is 29.5. The van der Waals surface area contributed by atoms with Gasteiger partial charge in [0.1, 0.15) is 30.3 Å². The summed E-state index contributed by atoms with van der Waals surface area (Å²) < 4.78 is 52.8. The number of aromatic hydroxyl groups is 1. The first-order chi connectivity index (χ1) is 16.9. The Morgan fingerprint density at radius 3 is 2.44 bits per heavy atom. The van der Waals surface area contributed by atoms with Crippen molar-refractivity contribution in [3.63, 3.8) is 0 Å². The van der Waals surface area contributed by atoms with E-state index in [2.05, 4.69) is 4.90 Å². The molecule has 202 valence electrons. The van der Waals surface area contributed by atoms with Gasteiger partial charge in [-0.1, -0.05) is 11.6 Å². The minimum Gasteiger partial charge on any atom is -0.507 e. The normalized spacial score (nSPS) is 16.0.